The number of unbranched alkanes of at least 4 members (excludes halogenated alkanes) is 13. The second kappa shape index (κ2) is 20.5. The highest BCUT2D eigenvalue weighted by Crippen LogP contribution is 2.19. The lowest BCUT2D eigenvalue weighted by Crippen LogP contribution is -2.08. The number of hydrogen-bond donors (Lipinski definition) is 0. The van der Waals surface area contributed by atoms with Crippen LogP contribution in [0, 0.1) is 0 Å². The Balaban J connectivity index is 1.26. The molecule has 0 atom stereocenters. The smallest absolute Gasteiger partial charge is 0.343 e. The zero-order chi connectivity index (χ0) is 30.5. The molecule has 0 fully saturated rings. The van der Waals surface area contributed by atoms with Crippen molar-refractivity contribution < 1.29 is 19.1 Å². The third-order valence-corrected chi connectivity index (χ3v) is 7.76. The highest BCUT2D eigenvalue weighted by molar-refractivity contribution is 6.30. The molecular formula is C38H47ClO4. The molecule has 3 aromatic rings. The molecule has 0 amide bonds. The number of rotatable bonds is 21. The van der Waals surface area contributed by atoms with Gasteiger partial charge in [-0.15, -0.1) is 0 Å². The molecule has 0 radical (unpaired) electrons. The lowest BCUT2D eigenvalue weighted by Gasteiger charge is -2.08. The van der Waals surface area contributed by atoms with Crippen molar-refractivity contribution in [2.75, 3.05) is 6.61 Å². The van der Waals surface area contributed by atoms with Crippen molar-refractivity contribution in [1.82, 2.24) is 0 Å². The Hall–Kier alpha value is -3.37. The molecule has 230 valence electrons. The van der Waals surface area contributed by atoms with E-state index in [0.717, 1.165) is 17.7 Å². The van der Waals surface area contributed by atoms with Crippen molar-refractivity contribution in [3.63, 3.8) is 0 Å². The number of carbonyl (C=O) groups is 2. The summed E-state index contributed by atoms with van der Waals surface area (Å²) in [5.74, 6) is 0.528. The van der Waals surface area contributed by atoms with E-state index in [2.05, 4.69) is 6.92 Å². The zero-order valence-electron chi connectivity index (χ0n) is 25.7. The fourth-order valence-electron chi connectivity index (χ4n) is 4.87. The van der Waals surface area contributed by atoms with E-state index in [4.69, 9.17) is 21.1 Å². The predicted molar refractivity (Wildman–Crippen MR) is 178 cm³/mol. The van der Waals surface area contributed by atoms with Crippen LogP contribution in [0.4, 0.5) is 0 Å². The minimum Gasteiger partial charge on any atom is -0.494 e. The maximum absolute atomic E-state index is 12.6. The summed E-state index contributed by atoms with van der Waals surface area (Å²) in [5, 5.41) is 0.647. The molecule has 0 aliphatic rings. The highest BCUT2D eigenvalue weighted by atomic mass is 35.5. The molecule has 0 heterocycles. The van der Waals surface area contributed by atoms with Crippen LogP contribution >= 0.6 is 11.6 Å². The highest BCUT2D eigenvalue weighted by Gasteiger charge is 2.10. The van der Waals surface area contributed by atoms with Crippen molar-refractivity contribution >= 4 is 29.4 Å². The monoisotopic (exact) mass is 602 g/mol. The number of esters is 1. The van der Waals surface area contributed by atoms with Crippen LogP contribution in [0.2, 0.25) is 5.02 Å². The van der Waals surface area contributed by atoms with Crippen molar-refractivity contribution in [2.45, 2.75) is 96.8 Å². The third-order valence-electron chi connectivity index (χ3n) is 7.50. The SMILES string of the molecule is CCCCCCCCCCCCCCCCOc1ccc(C(=O)Oc2ccc(C(=O)/C=C/c3ccc(Cl)cc3)cc2)cc1. The van der Waals surface area contributed by atoms with Crippen LogP contribution in [0.5, 0.6) is 11.5 Å². The molecule has 0 N–H and O–H groups in total. The lowest BCUT2D eigenvalue weighted by molar-refractivity contribution is 0.0734. The summed E-state index contributed by atoms with van der Waals surface area (Å²) in [6.07, 6.45) is 21.9. The minimum absolute atomic E-state index is 0.141. The molecule has 5 heteroatoms. The Morgan fingerprint density at radius 1 is 0.605 bits per heavy atom. The molecule has 3 rings (SSSR count). The minimum atomic E-state index is -0.458. The summed E-state index contributed by atoms with van der Waals surface area (Å²) < 4.78 is 11.3. The van der Waals surface area contributed by atoms with E-state index < -0.39 is 5.97 Å². The molecule has 0 bridgehead atoms. The van der Waals surface area contributed by atoms with E-state index in [0.29, 0.717) is 28.5 Å². The number of halogens is 1. The second-order valence-electron chi connectivity index (χ2n) is 11.1. The van der Waals surface area contributed by atoms with Gasteiger partial charge in [0.25, 0.3) is 0 Å². The van der Waals surface area contributed by atoms with Gasteiger partial charge >= 0.3 is 5.97 Å². The predicted octanol–water partition coefficient (Wildman–Crippen LogP) is 11.3. The second-order valence-corrected chi connectivity index (χ2v) is 11.6. The average molecular weight is 603 g/mol. The average Bonchev–Trinajstić information content (AvgIpc) is 3.03. The Labute approximate surface area is 263 Å². The van der Waals surface area contributed by atoms with Crippen LogP contribution in [-0.2, 0) is 0 Å². The summed E-state index contributed by atoms with van der Waals surface area (Å²) in [4.78, 5) is 25.0. The van der Waals surface area contributed by atoms with E-state index >= 15 is 0 Å². The maximum Gasteiger partial charge on any atom is 0.343 e. The molecule has 0 saturated heterocycles. The van der Waals surface area contributed by atoms with Gasteiger partial charge in [0.15, 0.2) is 5.78 Å². The largest absolute Gasteiger partial charge is 0.494 e. The molecule has 4 nitrogen and oxygen atoms in total. The Morgan fingerprint density at radius 3 is 1.65 bits per heavy atom. The van der Waals surface area contributed by atoms with E-state index in [-0.39, 0.29) is 5.78 Å². The normalized spacial score (nSPS) is 11.1. The summed E-state index contributed by atoms with van der Waals surface area (Å²) in [7, 11) is 0. The van der Waals surface area contributed by atoms with Gasteiger partial charge in [-0.1, -0.05) is 120 Å². The Bertz CT molecular complexity index is 1230. The van der Waals surface area contributed by atoms with Crippen LogP contribution in [0.25, 0.3) is 6.08 Å². The number of benzene rings is 3. The van der Waals surface area contributed by atoms with Crippen LogP contribution in [0.15, 0.2) is 78.9 Å². The number of ether oxygens (including phenoxy) is 2. The van der Waals surface area contributed by atoms with Gasteiger partial charge in [-0.3, -0.25) is 4.79 Å². The summed E-state index contributed by atoms with van der Waals surface area (Å²) in [6.45, 7) is 2.95. The van der Waals surface area contributed by atoms with Crippen molar-refractivity contribution in [1.29, 1.82) is 0 Å². The van der Waals surface area contributed by atoms with Gasteiger partial charge < -0.3 is 9.47 Å². The molecule has 43 heavy (non-hydrogen) atoms. The van der Waals surface area contributed by atoms with Gasteiger partial charge in [-0.05, 0) is 78.7 Å². The van der Waals surface area contributed by atoms with Gasteiger partial charge in [0.1, 0.15) is 11.5 Å². The quantitative estimate of drug-likeness (QED) is 0.0400. The Kier molecular flexibility index (Phi) is 16.3. The van der Waals surface area contributed by atoms with Crippen LogP contribution in [0.3, 0.4) is 0 Å². The lowest BCUT2D eigenvalue weighted by atomic mass is 10.0. The van der Waals surface area contributed by atoms with E-state index in [1.807, 2.05) is 12.1 Å². The van der Waals surface area contributed by atoms with Crippen molar-refractivity contribution in [3.8, 4) is 11.5 Å². The summed E-state index contributed by atoms with van der Waals surface area (Å²) >= 11 is 5.90. The standard InChI is InChI=1S/C38H47ClO4/c1-2-3-4-5-6-7-8-9-10-11-12-13-14-15-30-42-35-25-21-33(22-26-35)38(41)43-36-27-19-32(20-28-36)37(40)29-18-31-16-23-34(39)24-17-31/h16-29H,2-15,30H2,1H3/b29-18+. The van der Waals surface area contributed by atoms with E-state index in [1.165, 1.54) is 89.5 Å². The molecule has 0 aliphatic carbocycles. The number of carbonyl (C=O) groups excluding carboxylic acids is 2. The first-order valence-electron chi connectivity index (χ1n) is 16.1. The van der Waals surface area contributed by atoms with Crippen LogP contribution < -0.4 is 9.47 Å². The van der Waals surface area contributed by atoms with Gasteiger partial charge in [-0.25, -0.2) is 4.79 Å². The molecule has 0 saturated carbocycles. The summed E-state index contributed by atoms with van der Waals surface area (Å²) in [6, 6.07) is 20.8. The molecular weight excluding hydrogens is 556 g/mol. The van der Waals surface area contributed by atoms with Crippen LogP contribution in [-0.4, -0.2) is 18.4 Å². The van der Waals surface area contributed by atoms with Crippen molar-refractivity contribution in [2.24, 2.45) is 0 Å². The van der Waals surface area contributed by atoms with Crippen LogP contribution in [0.1, 0.15) is 123 Å². The molecule has 0 spiro atoms. The first kappa shape index (κ1) is 34.1. The zero-order valence-corrected chi connectivity index (χ0v) is 26.5. The summed E-state index contributed by atoms with van der Waals surface area (Å²) in [5.41, 5.74) is 1.83. The third kappa shape index (κ3) is 14.1. The number of ketones is 1. The number of hydrogen-bond acceptors (Lipinski definition) is 4. The van der Waals surface area contributed by atoms with Crippen molar-refractivity contribution in [3.05, 3.63) is 101 Å². The molecule has 3 aromatic carbocycles. The number of allylic oxidation sites excluding steroid dienone is 1. The van der Waals surface area contributed by atoms with Gasteiger partial charge in [0.2, 0.25) is 0 Å². The van der Waals surface area contributed by atoms with Gasteiger partial charge in [-0.2, -0.15) is 0 Å². The van der Waals surface area contributed by atoms with E-state index in [9.17, 15) is 9.59 Å². The molecule has 0 aromatic heterocycles. The first-order chi connectivity index (χ1) is 21.0. The Morgan fingerprint density at radius 2 is 1.09 bits per heavy atom. The van der Waals surface area contributed by atoms with Gasteiger partial charge in [0.05, 0.1) is 12.2 Å². The van der Waals surface area contributed by atoms with Gasteiger partial charge in [0, 0.05) is 10.6 Å². The topological polar surface area (TPSA) is 52.6 Å². The molecule has 0 unspecified atom stereocenters. The fourth-order valence-corrected chi connectivity index (χ4v) is 5.00. The fraction of sp³-hybridized carbons (Fsp3) is 0.421. The maximum atomic E-state index is 12.6. The molecule has 0 aliphatic heterocycles. The first-order valence-corrected chi connectivity index (χ1v) is 16.5. The van der Waals surface area contributed by atoms with E-state index in [1.54, 1.807) is 66.7 Å².